The Bertz CT molecular complexity index is 1090. The smallest absolute Gasteiger partial charge is 0.222 e. The normalized spacial score (nSPS) is 25.4. The molecule has 5 rings (SSSR count). The quantitative estimate of drug-likeness (QED) is 0.754. The molecule has 5 nitrogen and oxygen atoms in total. The van der Waals surface area contributed by atoms with E-state index in [1.807, 2.05) is 6.07 Å². The summed E-state index contributed by atoms with van der Waals surface area (Å²) in [6.45, 7) is 0. The Morgan fingerprint density at radius 2 is 2.00 bits per heavy atom. The number of allylic oxidation sites excluding steroid dienone is 7. The van der Waals surface area contributed by atoms with Crippen LogP contribution >= 0.6 is 0 Å². The number of nitrogen functional groups attached to an aromatic ring is 2. The molecule has 0 bridgehead atoms. The molecule has 28 heavy (non-hydrogen) atoms. The number of hydrogen-bond acceptors (Lipinski definition) is 5. The Kier molecular flexibility index (Phi) is 4.01. The van der Waals surface area contributed by atoms with Gasteiger partial charge in [0, 0.05) is 17.0 Å². The van der Waals surface area contributed by atoms with Gasteiger partial charge in [0.15, 0.2) is 0 Å². The first-order valence-corrected chi connectivity index (χ1v) is 9.69. The lowest BCUT2D eigenvalue weighted by molar-refractivity contribution is 0.427. The van der Waals surface area contributed by atoms with Crippen molar-refractivity contribution in [1.29, 1.82) is 0 Å². The molecule has 0 radical (unpaired) electrons. The molecule has 3 aliphatic rings. The maximum absolute atomic E-state index is 6.07. The van der Waals surface area contributed by atoms with E-state index in [1.54, 1.807) is 0 Å². The summed E-state index contributed by atoms with van der Waals surface area (Å²) in [6, 6.07) is 6.48. The third-order valence-electron chi connectivity index (χ3n) is 5.82. The van der Waals surface area contributed by atoms with Gasteiger partial charge in [-0.15, -0.1) is 0 Å². The van der Waals surface area contributed by atoms with E-state index in [1.165, 1.54) is 16.8 Å². The van der Waals surface area contributed by atoms with Gasteiger partial charge in [0.2, 0.25) is 5.95 Å². The first-order valence-electron chi connectivity index (χ1n) is 9.69. The number of nitrogens with zero attached hydrogens (tertiary/aromatic N) is 2. The van der Waals surface area contributed by atoms with Crippen LogP contribution in [0.15, 0.2) is 78.1 Å². The lowest BCUT2D eigenvalue weighted by atomic mass is 9.79. The molecule has 5 heteroatoms. The number of nitrogens with one attached hydrogen (secondary N) is 1. The number of aromatic nitrogens is 2. The van der Waals surface area contributed by atoms with Crippen molar-refractivity contribution >= 4 is 22.7 Å². The number of benzene rings is 1. The van der Waals surface area contributed by atoms with Gasteiger partial charge in [-0.1, -0.05) is 48.6 Å². The Labute approximate surface area is 164 Å². The monoisotopic (exact) mass is 369 g/mol. The number of fused-ring (bicyclic) bond motifs is 3. The van der Waals surface area contributed by atoms with Crippen LogP contribution in [-0.2, 0) is 6.42 Å². The third kappa shape index (κ3) is 2.99. The zero-order valence-corrected chi connectivity index (χ0v) is 15.5. The van der Waals surface area contributed by atoms with Crippen LogP contribution in [0, 0.1) is 11.8 Å². The highest BCUT2D eigenvalue weighted by Crippen LogP contribution is 2.35. The molecule has 0 saturated heterocycles. The van der Waals surface area contributed by atoms with Gasteiger partial charge in [-0.3, -0.25) is 0 Å². The highest BCUT2D eigenvalue weighted by atomic mass is 15.0. The van der Waals surface area contributed by atoms with Crippen molar-refractivity contribution in [2.24, 2.45) is 11.8 Å². The van der Waals surface area contributed by atoms with E-state index in [2.05, 4.69) is 76.0 Å². The highest BCUT2D eigenvalue weighted by molar-refractivity contribution is 5.89. The van der Waals surface area contributed by atoms with Crippen LogP contribution in [0.4, 0.5) is 11.8 Å². The summed E-state index contributed by atoms with van der Waals surface area (Å²) in [4.78, 5) is 8.38. The number of anilines is 2. The largest absolute Gasteiger partial charge is 0.383 e. The molecule has 140 valence electrons. The SMILES string of the molecule is Nc1nc(N)c2cc(CC3C=CC=C4NC5C=CC=CC5=CCC43)ccc2n1. The molecule has 5 N–H and O–H groups in total. The lowest BCUT2D eigenvalue weighted by Gasteiger charge is -2.30. The molecule has 3 atom stereocenters. The van der Waals surface area contributed by atoms with Gasteiger partial charge in [0.1, 0.15) is 5.82 Å². The average molecular weight is 369 g/mol. The van der Waals surface area contributed by atoms with Crippen LogP contribution in [0.5, 0.6) is 0 Å². The average Bonchev–Trinajstić information content (AvgIpc) is 2.88. The molecule has 2 heterocycles. The molecule has 0 saturated carbocycles. The van der Waals surface area contributed by atoms with Gasteiger partial charge in [-0.05, 0) is 48.1 Å². The minimum Gasteiger partial charge on any atom is -0.383 e. The van der Waals surface area contributed by atoms with Crippen LogP contribution in [0.3, 0.4) is 0 Å². The van der Waals surface area contributed by atoms with Crippen LogP contribution in [0.25, 0.3) is 10.9 Å². The summed E-state index contributed by atoms with van der Waals surface area (Å²) in [5, 5.41) is 4.60. The second kappa shape index (κ2) is 6.68. The van der Waals surface area contributed by atoms with Crippen molar-refractivity contribution in [3.63, 3.8) is 0 Å². The summed E-state index contributed by atoms with van der Waals surface area (Å²) in [5.74, 6) is 1.52. The summed E-state index contributed by atoms with van der Waals surface area (Å²) in [6.07, 6.45) is 19.7. The molecular weight excluding hydrogens is 346 g/mol. The Hall–Kier alpha value is -3.34. The van der Waals surface area contributed by atoms with E-state index < -0.39 is 0 Å². The molecule has 2 aliphatic carbocycles. The second-order valence-corrected chi connectivity index (χ2v) is 7.61. The van der Waals surface area contributed by atoms with Gasteiger partial charge >= 0.3 is 0 Å². The van der Waals surface area contributed by atoms with Crippen molar-refractivity contribution in [3.05, 3.63) is 83.6 Å². The van der Waals surface area contributed by atoms with Gasteiger partial charge < -0.3 is 16.8 Å². The highest BCUT2D eigenvalue weighted by Gasteiger charge is 2.29. The molecule has 1 aromatic carbocycles. The number of rotatable bonds is 2. The van der Waals surface area contributed by atoms with Gasteiger partial charge in [-0.2, -0.15) is 4.98 Å². The molecular formula is C23H23N5. The van der Waals surface area contributed by atoms with Crippen molar-refractivity contribution < 1.29 is 0 Å². The fraction of sp³-hybridized carbons (Fsp3) is 0.217. The van der Waals surface area contributed by atoms with E-state index in [0.717, 1.165) is 23.7 Å². The van der Waals surface area contributed by atoms with E-state index in [9.17, 15) is 0 Å². The van der Waals surface area contributed by atoms with Crippen LogP contribution in [0.1, 0.15) is 12.0 Å². The van der Waals surface area contributed by atoms with Gasteiger partial charge in [-0.25, -0.2) is 4.98 Å². The van der Waals surface area contributed by atoms with Crippen LogP contribution in [-0.4, -0.2) is 16.0 Å². The van der Waals surface area contributed by atoms with E-state index in [-0.39, 0.29) is 12.0 Å². The zero-order valence-electron chi connectivity index (χ0n) is 15.5. The molecule has 1 aliphatic heterocycles. The first kappa shape index (κ1) is 16.8. The standard InChI is InChI=1S/C23H23N5/c24-22-18-13-14(8-11-21(18)27-23(25)28-22)12-16-5-3-7-20-17(16)10-9-15-4-1-2-6-19(15)26-20/h1-9,11,13,16-17,19,26H,10,12H2,(H4,24,25,27,28). The number of nitrogens with two attached hydrogens (primary N) is 2. The molecule has 1 aromatic heterocycles. The molecule has 0 amide bonds. The minimum atomic E-state index is 0.213. The maximum atomic E-state index is 6.07. The number of hydrogen-bond donors (Lipinski definition) is 3. The van der Waals surface area contributed by atoms with Crippen molar-refractivity contribution in [2.45, 2.75) is 18.9 Å². The predicted molar refractivity (Wildman–Crippen MR) is 114 cm³/mol. The Morgan fingerprint density at radius 3 is 2.93 bits per heavy atom. The van der Waals surface area contributed by atoms with Crippen molar-refractivity contribution in [1.82, 2.24) is 15.3 Å². The predicted octanol–water partition coefficient (Wildman–Crippen LogP) is 3.44. The van der Waals surface area contributed by atoms with Gasteiger partial charge in [0.05, 0.1) is 11.6 Å². The summed E-state index contributed by atoms with van der Waals surface area (Å²) < 4.78 is 0. The minimum absolute atomic E-state index is 0.213. The first-order chi connectivity index (χ1) is 13.7. The van der Waals surface area contributed by atoms with Gasteiger partial charge in [0.25, 0.3) is 0 Å². The zero-order chi connectivity index (χ0) is 19.1. The summed E-state index contributed by atoms with van der Waals surface area (Å²) in [7, 11) is 0. The molecule has 0 fully saturated rings. The van der Waals surface area contributed by atoms with Crippen LogP contribution in [0.2, 0.25) is 0 Å². The fourth-order valence-electron chi connectivity index (χ4n) is 4.40. The summed E-state index contributed by atoms with van der Waals surface area (Å²) in [5.41, 5.74) is 16.5. The van der Waals surface area contributed by atoms with E-state index in [0.29, 0.717) is 17.7 Å². The topological polar surface area (TPSA) is 89.8 Å². The lowest BCUT2D eigenvalue weighted by Crippen LogP contribution is -2.33. The van der Waals surface area contributed by atoms with Crippen molar-refractivity contribution in [2.75, 3.05) is 11.5 Å². The molecule has 2 aromatic rings. The molecule has 3 unspecified atom stereocenters. The molecule has 0 spiro atoms. The van der Waals surface area contributed by atoms with Crippen molar-refractivity contribution in [3.8, 4) is 0 Å². The van der Waals surface area contributed by atoms with Crippen LogP contribution < -0.4 is 16.8 Å². The Balaban J connectivity index is 1.43. The Morgan fingerprint density at radius 1 is 1.07 bits per heavy atom. The third-order valence-corrected chi connectivity index (χ3v) is 5.82. The maximum Gasteiger partial charge on any atom is 0.222 e. The van der Waals surface area contributed by atoms with E-state index in [4.69, 9.17) is 11.5 Å². The second-order valence-electron chi connectivity index (χ2n) is 7.61. The summed E-state index contributed by atoms with van der Waals surface area (Å²) >= 11 is 0. The van der Waals surface area contributed by atoms with E-state index >= 15 is 0 Å². The fourth-order valence-corrected chi connectivity index (χ4v) is 4.40.